The van der Waals surface area contributed by atoms with Gasteiger partial charge in [-0.3, -0.25) is 4.68 Å². The van der Waals surface area contributed by atoms with Crippen molar-refractivity contribution in [1.82, 2.24) is 15.1 Å². The topological polar surface area (TPSA) is 48.3 Å². The van der Waals surface area contributed by atoms with Crippen LogP contribution < -0.4 is 14.8 Å². The van der Waals surface area contributed by atoms with E-state index in [0.29, 0.717) is 6.79 Å². The van der Waals surface area contributed by atoms with E-state index in [2.05, 4.69) is 17.3 Å². The van der Waals surface area contributed by atoms with E-state index in [0.717, 1.165) is 36.8 Å². The lowest BCUT2D eigenvalue weighted by atomic mass is 10.2. The molecule has 19 heavy (non-hydrogen) atoms. The Kier molecular flexibility index (Phi) is 3.37. The van der Waals surface area contributed by atoms with Crippen LogP contribution in [0.25, 0.3) is 0 Å². The normalized spacial score (nSPS) is 12.9. The summed E-state index contributed by atoms with van der Waals surface area (Å²) in [5, 5.41) is 7.80. The van der Waals surface area contributed by atoms with Crippen LogP contribution in [-0.4, -0.2) is 16.6 Å². The Morgan fingerprint density at radius 3 is 2.95 bits per heavy atom. The van der Waals surface area contributed by atoms with E-state index >= 15 is 0 Å². The van der Waals surface area contributed by atoms with Crippen molar-refractivity contribution in [2.24, 2.45) is 0 Å². The summed E-state index contributed by atoms with van der Waals surface area (Å²) >= 11 is 0. The molecule has 0 radical (unpaired) electrons. The summed E-state index contributed by atoms with van der Waals surface area (Å²) in [7, 11) is 0. The van der Waals surface area contributed by atoms with Crippen molar-refractivity contribution in [2.45, 2.75) is 26.6 Å². The van der Waals surface area contributed by atoms with Gasteiger partial charge in [0.1, 0.15) is 0 Å². The molecule has 2 heterocycles. The minimum atomic E-state index is 0.320. The zero-order chi connectivity index (χ0) is 13.1. The molecule has 1 aromatic heterocycles. The number of fused-ring (bicyclic) bond motifs is 1. The summed E-state index contributed by atoms with van der Waals surface area (Å²) in [6, 6.07) is 8.05. The molecule has 0 amide bonds. The van der Waals surface area contributed by atoms with E-state index in [9.17, 15) is 0 Å². The molecule has 5 heteroatoms. The number of hydrogen-bond donors (Lipinski definition) is 1. The Morgan fingerprint density at radius 2 is 2.11 bits per heavy atom. The maximum Gasteiger partial charge on any atom is 0.231 e. The molecule has 0 saturated carbocycles. The average Bonchev–Trinajstić information content (AvgIpc) is 3.06. The third kappa shape index (κ3) is 2.71. The van der Waals surface area contributed by atoms with Gasteiger partial charge in [0.25, 0.3) is 0 Å². The van der Waals surface area contributed by atoms with E-state index in [1.165, 1.54) is 5.56 Å². The summed E-state index contributed by atoms with van der Waals surface area (Å²) in [4.78, 5) is 0. The lowest BCUT2D eigenvalue weighted by Crippen LogP contribution is -2.13. The molecule has 0 unspecified atom stereocenters. The monoisotopic (exact) mass is 259 g/mol. The lowest BCUT2D eigenvalue weighted by molar-refractivity contribution is 0.174. The zero-order valence-corrected chi connectivity index (χ0v) is 10.9. The van der Waals surface area contributed by atoms with E-state index < -0.39 is 0 Å². The van der Waals surface area contributed by atoms with Crippen LogP contribution in [0.3, 0.4) is 0 Å². The van der Waals surface area contributed by atoms with Crippen LogP contribution in [0.15, 0.2) is 30.5 Å². The van der Waals surface area contributed by atoms with Gasteiger partial charge < -0.3 is 14.8 Å². The van der Waals surface area contributed by atoms with Gasteiger partial charge in [-0.15, -0.1) is 0 Å². The van der Waals surface area contributed by atoms with Gasteiger partial charge in [0.05, 0.1) is 5.69 Å². The lowest BCUT2D eigenvalue weighted by Gasteiger charge is -2.04. The number of hydrogen-bond acceptors (Lipinski definition) is 4. The van der Waals surface area contributed by atoms with Gasteiger partial charge in [0.15, 0.2) is 11.5 Å². The standard InChI is InChI=1S/C14H17N3O2/c1-2-17-6-5-12(16-17)9-15-8-11-3-4-13-14(7-11)19-10-18-13/h3-7,15H,2,8-10H2,1H3. The summed E-state index contributed by atoms with van der Waals surface area (Å²) in [5.41, 5.74) is 2.24. The molecule has 100 valence electrons. The summed E-state index contributed by atoms with van der Waals surface area (Å²) in [6.45, 7) is 4.86. The third-order valence-electron chi connectivity index (χ3n) is 3.09. The second-order valence-electron chi connectivity index (χ2n) is 4.45. The molecule has 0 bridgehead atoms. The first-order valence-corrected chi connectivity index (χ1v) is 6.46. The molecule has 1 N–H and O–H groups in total. The predicted molar refractivity (Wildman–Crippen MR) is 71.0 cm³/mol. The number of rotatable bonds is 5. The molecule has 0 fully saturated rings. The molecule has 0 spiro atoms. The quantitative estimate of drug-likeness (QED) is 0.891. The molecular weight excluding hydrogens is 242 g/mol. The van der Waals surface area contributed by atoms with Crippen LogP contribution in [0.1, 0.15) is 18.2 Å². The Bertz CT molecular complexity index is 566. The van der Waals surface area contributed by atoms with Crippen LogP contribution in [0.5, 0.6) is 11.5 Å². The fourth-order valence-corrected chi connectivity index (χ4v) is 2.06. The van der Waals surface area contributed by atoms with Gasteiger partial charge in [-0.25, -0.2) is 0 Å². The number of benzene rings is 1. The highest BCUT2D eigenvalue weighted by Crippen LogP contribution is 2.32. The Hall–Kier alpha value is -2.01. The number of ether oxygens (including phenoxy) is 2. The van der Waals surface area contributed by atoms with Crippen molar-refractivity contribution in [3.05, 3.63) is 41.7 Å². The Morgan fingerprint density at radius 1 is 1.21 bits per heavy atom. The van der Waals surface area contributed by atoms with Crippen molar-refractivity contribution >= 4 is 0 Å². The van der Waals surface area contributed by atoms with E-state index in [4.69, 9.17) is 9.47 Å². The van der Waals surface area contributed by atoms with Crippen LogP contribution in [-0.2, 0) is 19.6 Å². The molecule has 0 saturated heterocycles. The van der Waals surface area contributed by atoms with Crippen molar-refractivity contribution in [1.29, 1.82) is 0 Å². The zero-order valence-electron chi connectivity index (χ0n) is 10.9. The van der Waals surface area contributed by atoms with E-state index in [1.807, 2.05) is 35.1 Å². The first-order valence-electron chi connectivity index (χ1n) is 6.46. The van der Waals surface area contributed by atoms with Crippen molar-refractivity contribution in [3.63, 3.8) is 0 Å². The SMILES string of the molecule is CCn1ccc(CNCc2ccc3c(c2)OCO3)n1. The predicted octanol–water partition coefficient (Wildman–Crippen LogP) is 1.92. The van der Waals surface area contributed by atoms with Crippen molar-refractivity contribution in [3.8, 4) is 11.5 Å². The van der Waals surface area contributed by atoms with Gasteiger partial charge >= 0.3 is 0 Å². The van der Waals surface area contributed by atoms with Crippen LogP contribution in [0, 0.1) is 0 Å². The van der Waals surface area contributed by atoms with Crippen LogP contribution >= 0.6 is 0 Å². The Balaban J connectivity index is 1.54. The smallest absolute Gasteiger partial charge is 0.231 e. The summed E-state index contributed by atoms with van der Waals surface area (Å²) < 4.78 is 12.6. The largest absolute Gasteiger partial charge is 0.454 e. The molecule has 3 rings (SSSR count). The molecule has 1 aromatic carbocycles. The second kappa shape index (κ2) is 5.32. The number of nitrogens with zero attached hydrogens (tertiary/aromatic N) is 2. The Labute approximate surface area is 112 Å². The van der Waals surface area contributed by atoms with Crippen molar-refractivity contribution < 1.29 is 9.47 Å². The van der Waals surface area contributed by atoms with Gasteiger partial charge in [-0.2, -0.15) is 5.10 Å². The number of nitrogens with one attached hydrogen (secondary N) is 1. The first-order chi connectivity index (χ1) is 9.35. The van der Waals surface area contributed by atoms with Gasteiger partial charge in [0, 0.05) is 25.8 Å². The first kappa shape index (κ1) is 12.0. The van der Waals surface area contributed by atoms with Gasteiger partial charge in [-0.05, 0) is 30.7 Å². The highest BCUT2D eigenvalue weighted by molar-refractivity contribution is 5.44. The summed E-state index contributed by atoms with van der Waals surface area (Å²) in [5.74, 6) is 1.65. The minimum Gasteiger partial charge on any atom is -0.454 e. The molecule has 1 aliphatic rings. The fraction of sp³-hybridized carbons (Fsp3) is 0.357. The minimum absolute atomic E-state index is 0.320. The molecule has 2 aromatic rings. The van der Waals surface area contributed by atoms with Crippen molar-refractivity contribution in [2.75, 3.05) is 6.79 Å². The van der Waals surface area contributed by atoms with Gasteiger partial charge in [0.2, 0.25) is 6.79 Å². The van der Waals surface area contributed by atoms with E-state index in [-0.39, 0.29) is 0 Å². The highest BCUT2D eigenvalue weighted by atomic mass is 16.7. The summed E-state index contributed by atoms with van der Waals surface area (Å²) in [6.07, 6.45) is 2.00. The van der Waals surface area contributed by atoms with Crippen LogP contribution in [0.2, 0.25) is 0 Å². The maximum absolute atomic E-state index is 5.36. The van der Waals surface area contributed by atoms with Gasteiger partial charge in [-0.1, -0.05) is 6.07 Å². The second-order valence-corrected chi connectivity index (χ2v) is 4.45. The van der Waals surface area contributed by atoms with Crippen LogP contribution in [0.4, 0.5) is 0 Å². The fourth-order valence-electron chi connectivity index (χ4n) is 2.06. The van der Waals surface area contributed by atoms with E-state index in [1.54, 1.807) is 0 Å². The number of aryl methyl sites for hydroxylation is 1. The molecule has 5 nitrogen and oxygen atoms in total. The molecule has 0 aliphatic carbocycles. The number of aromatic nitrogens is 2. The molecule has 1 aliphatic heterocycles. The third-order valence-corrected chi connectivity index (χ3v) is 3.09. The average molecular weight is 259 g/mol. The molecule has 0 atom stereocenters. The maximum atomic E-state index is 5.36. The molecular formula is C14H17N3O2. The highest BCUT2D eigenvalue weighted by Gasteiger charge is 2.12.